The molecule has 2 aromatic rings. The zero-order valence-electron chi connectivity index (χ0n) is 15.2. The zero-order chi connectivity index (χ0) is 19.3. The smallest absolute Gasteiger partial charge is 0.273 e. The molecule has 0 radical (unpaired) electrons. The highest BCUT2D eigenvalue weighted by Crippen LogP contribution is 2.52. The second-order valence-corrected chi connectivity index (χ2v) is 7.56. The number of para-hydroxylation sites is 1. The fourth-order valence-corrected chi connectivity index (χ4v) is 4.90. The van der Waals surface area contributed by atoms with Gasteiger partial charge in [-0.05, 0) is 30.5 Å². The van der Waals surface area contributed by atoms with Crippen LogP contribution in [0.5, 0.6) is 0 Å². The molecule has 2 fully saturated rings. The summed E-state index contributed by atoms with van der Waals surface area (Å²) in [6, 6.07) is 18.7. The number of hydrogen-bond donors (Lipinski definition) is 0. The monoisotopic (exact) mass is 373 g/mol. The van der Waals surface area contributed by atoms with Crippen LogP contribution in [0.3, 0.4) is 0 Å². The molecule has 2 aromatic carbocycles. The summed E-state index contributed by atoms with van der Waals surface area (Å²) < 4.78 is 0. The van der Waals surface area contributed by atoms with Gasteiger partial charge in [-0.1, -0.05) is 48.5 Å². The third-order valence-electron chi connectivity index (χ3n) is 6.18. The molecule has 1 aliphatic carbocycles. The molecule has 6 nitrogen and oxygen atoms in total. The van der Waals surface area contributed by atoms with Gasteiger partial charge in [-0.25, -0.2) is 9.89 Å². The van der Waals surface area contributed by atoms with Crippen LogP contribution >= 0.6 is 0 Å². The van der Waals surface area contributed by atoms with Crippen LogP contribution in [0.15, 0.2) is 65.7 Å². The number of nitrogens with zero attached hydrogens (tertiary/aromatic N) is 3. The topological polar surface area (TPSA) is 70.0 Å². The summed E-state index contributed by atoms with van der Waals surface area (Å²) in [4.78, 5) is 46.5. The van der Waals surface area contributed by atoms with E-state index in [1.54, 1.807) is 30.6 Å². The highest BCUT2D eigenvalue weighted by molar-refractivity contribution is 6.24. The van der Waals surface area contributed by atoms with Crippen molar-refractivity contribution in [3.63, 3.8) is 0 Å². The first-order chi connectivity index (χ1) is 13.6. The molecule has 0 bridgehead atoms. The van der Waals surface area contributed by atoms with Crippen LogP contribution in [-0.2, 0) is 20.9 Å². The van der Waals surface area contributed by atoms with Gasteiger partial charge in [0.1, 0.15) is 5.54 Å². The Labute approximate surface area is 162 Å². The molecule has 1 spiro atoms. The molecule has 2 heterocycles. The van der Waals surface area contributed by atoms with Gasteiger partial charge in [0.2, 0.25) is 11.8 Å². The number of carbonyl (C=O) groups excluding carboxylic acids is 3. The average Bonchev–Trinajstić information content (AvgIpc) is 3.34. The highest BCUT2D eigenvalue weighted by Gasteiger charge is 2.68. The minimum Gasteiger partial charge on any atom is -0.343 e. The molecule has 3 aliphatic rings. The van der Waals surface area contributed by atoms with Crippen LogP contribution in [0.4, 0.5) is 5.69 Å². The summed E-state index contributed by atoms with van der Waals surface area (Å²) in [6.45, 7) is 0.478. The lowest BCUT2D eigenvalue weighted by Crippen LogP contribution is -2.55. The Morgan fingerprint density at radius 1 is 0.929 bits per heavy atom. The Morgan fingerprint density at radius 3 is 2.32 bits per heavy atom. The molecular formula is C22H19N3O3. The van der Waals surface area contributed by atoms with Gasteiger partial charge < -0.3 is 4.90 Å². The molecule has 3 amide bonds. The van der Waals surface area contributed by atoms with Crippen LogP contribution < -0.4 is 4.90 Å². The largest absolute Gasteiger partial charge is 0.343 e. The van der Waals surface area contributed by atoms with Crippen LogP contribution in [-0.4, -0.2) is 34.5 Å². The van der Waals surface area contributed by atoms with E-state index < -0.39 is 17.4 Å². The van der Waals surface area contributed by atoms with Gasteiger partial charge in [0.25, 0.3) is 5.91 Å². The van der Waals surface area contributed by atoms with Gasteiger partial charge in [-0.3, -0.25) is 14.4 Å². The molecule has 2 aliphatic heterocycles. The van der Waals surface area contributed by atoms with E-state index in [1.807, 2.05) is 41.3 Å². The van der Waals surface area contributed by atoms with E-state index in [0.29, 0.717) is 25.1 Å². The fraction of sp³-hybridized carbons (Fsp3) is 0.273. The SMILES string of the molecule is O=C1C2CC[C@]3(C(=O)N=CN3Cc3ccccc3)C2C(=O)N1c1ccccc1. The van der Waals surface area contributed by atoms with Crippen molar-refractivity contribution in [2.45, 2.75) is 24.9 Å². The maximum atomic E-state index is 13.4. The highest BCUT2D eigenvalue weighted by atomic mass is 16.2. The van der Waals surface area contributed by atoms with E-state index in [1.165, 1.54) is 4.90 Å². The molecule has 0 N–H and O–H groups in total. The van der Waals surface area contributed by atoms with Crippen molar-refractivity contribution in [2.75, 3.05) is 4.90 Å². The van der Waals surface area contributed by atoms with Gasteiger partial charge in [-0.2, -0.15) is 0 Å². The summed E-state index contributed by atoms with van der Waals surface area (Å²) in [5, 5.41) is 0. The number of hydrogen-bond acceptors (Lipinski definition) is 4. The van der Waals surface area contributed by atoms with E-state index in [-0.39, 0.29) is 17.7 Å². The van der Waals surface area contributed by atoms with Crippen molar-refractivity contribution in [1.82, 2.24) is 4.90 Å². The summed E-state index contributed by atoms with van der Waals surface area (Å²) >= 11 is 0. The van der Waals surface area contributed by atoms with Crippen LogP contribution in [0, 0.1) is 11.8 Å². The Kier molecular flexibility index (Phi) is 3.69. The van der Waals surface area contributed by atoms with Gasteiger partial charge in [0.15, 0.2) is 0 Å². The van der Waals surface area contributed by atoms with E-state index in [0.717, 1.165) is 5.56 Å². The molecule has 1 saturated heterocycles. The molecule has 2 unspecified atom stereocenters. The molecular weight excluding hydrogens is 354 g/mol. The second kappa shape index (κ2) is 6.12. The summed E-state index contributed by atoms with van der Waals surface area (Å²) in [5.74, 6) is -1.99. The molecule has 1 saturated carbocycles. The van der Waals surface area contributed by atoms with Crippen LogP contribution in [0.2, 0.25) is 0 Å². The van der Waals surface area contributed by atoms with Crippen molar-refractivity contribution >= 4 is 29.7 Å². The van der Waals surface area contributed by atoms with Gasteiger partial charge in [0.05, 0.1) is 23.9 Å². The summed E-state index contributed by atoms with van der Waals surface area (Å²) in [6.07, 6.45) is 2.52. The Hall–Kier alpha value is -3.28. The van der Waals surface area contributed by atoms with E-state index in [9.17, 15) is 14.4 Å². The van der Waals surface area contributed by atoms with Crippen molar-refractivity contribution in [2.24, 2.45) is 16.8 Å². The maximum absolute atomic E-state index is 13.4. The van der Waals surface area contributed by atoms with Crippen molar-refractivity contribution in [3.8, 4) is 0 Å². The first-order valence-corrected chi connectivity index (χ1v) is 9.45. The fourth-order valence-electron chi connectivity index (χ4n) is 4.90. The van der Waals surface area contributed by atoms with Gasteiger partial charge in [-0.15, -0.1) is 0 Å². The molecule has 140 valence electrons. The third kappa shape index (κ3) is 2.21. The van der Waals surface area contributed by atoms with E-state index in [4.69, 9.17) is 0 Å². The number of aliphatic imine (C=N–C) groups is 1. The van der Waals surface area contributed by atoms with E-state index >= 15 is 0 Å². The predicted octanol–water partition coefficient (Wildman–Crippen LogP) is 2.40. The summed E-state index contributed by atoms with van der Waals surface area (Å²) in [5.41, 5.74) is 0.530. The number of imide groups is 1. The first-order valence-electron chi connectivity index (χ1n) is 9.45. The van der Waals surface area contributed by atoms with Crippen molar-refractivity contribution in [3.05, 3.63) is 66.2 Å². The predicted molar refractivity (Wildman–Crippen MR) is 103 cm³/mol. The van der Waals surface area contributed by atoms with Gasteiger partial charge in [0, 0.05) is 6.54 Å². The van der Waals surface area contributed by atoms with Crippen molar-refractivity contribution < 1.29 is 14.4 Å². The summed E-state index contributed by atoms with van der Waals surface area (Å²) in [7, 11) is 0. The Bertz CT molecular complexity index is 989. The number of anilines is 1. The second-order valence-electron chi connectivity index (χ2n) is 7.56. The zero-order valence-corrected chi connectivity index (χ0v) is 15.2. The van der Waals surface area contributed by atoms with Crippen molar-refractivity contribution in [1.29, 1.82) is 0 Å². The number of carbonyl (C=O) groups is 3. The molecule has 28 heavy (non-hydrogen) atoms. The Balaban J connectivity index is 1.53. The maximum Gasteiger partial charge on any atom is 0.273 e. The quantitative estimate of drug-likeness (QED) is 0.775. The molecule has 5 rings (SSSR count). The van der Waals surface area contributed by atoms with E-state index in [2.05, 4.69) is 4.99 Å². The lowest BCUT2D eigenvalue weighted by atomic mass is 9.82. The third-order valence-corrected chi connectivity index (χ3v) is 6.18. The van der Waals surface area contributed by atoms with Crippen LogP contribution in [0.25, 0.3) is 0 Å². The first kappa shape index (κ1) is 16.9. The lowest BCUT2D eigenvalue weighted by molar-refractivity contribution is -0.135. The molecule has 3 atom stereocenters. The lowest BCUT2D eigenvalue weighted by Gasteiger charge is -2.36. The number of fused-ring (bicyclic) bond motifs is 2. The minimum absolute atomic E-state index is 0.211. The Morgan fingerprint density at radius 2 is 1.61 bits per heavy atom. The number of benzene rings is 2. The van der Waals surface area contributed by atoms with Crippen LogP contribution in [0.1, 0.15) is 18.4 Å². The standard InChI is InChI=1S/C22H19N3O3/c26-19-17-11-12-22(18(17)20(27)25(19)16-9-5-2-6-10-16)21(28)23-14-24(22)13-15-7-3-1-4-8-15/h1-10,14,17-18H,11-13H2/t17?,18?,22-/m1/s1. The minimum atomic E-state index is -1.06. The normalized spacial score (nSPS) is 28.6. The molecule has 6 heteroatoms. The number of amides is 3. The molecule has 0 aromatic heterocycles. The van der Waals surface area contributed by atoms with Gasteiger partial charge >= 0.3 is 0 Å². The number of rotatable bonds is 3. The average molecular weight is 373 g/mol.